The van der Waals surface area contributed by atoms with Crippen LogP contribution >= 0.6 is 0 Å². The molecule has 0 aliphatic carbocycles. The molecule has 0 aromatic heterocycles. The van der Waals surface area contributed by atoms with Gasteiger partial charge < -0.3 is 15.1 Å². The monoisotopic (exact) mass is 378 g/mol. The average Bonchev–Trinajstić information content (AvgIpc) is 2.67. The highest BCUT2D eigenvalue weighted by molar-refractivity contribution is 5.81. The van der Waals surface area contributed by atoms with Gasteiger partial charge in [-0.25, -0.2) is 0 Å². The maximum Gasteiger partial charge on any atom is 0.223 e. The van der Waals surface area contributed by atoms with Gasteiger partial charge in [0, 0.05) is 25.2 Å². The predicted octanol–water partition coefficient (Wildman–Crippen LogP) is 1.91. The minimum absolute atomic E-state index is 0.0617. The van der Waals surface area contributed by atoms with Crippen LogP contribution in [0.15, 0.2) is 54.7 Å². The van der Waals surface area contributed by atoms with E-state index in [-0.39, 0.29) is 24.3 Å². The third kappa shape index (κ3) is 4.67. The fourth-order valence-corrected chi connectivity index (χ4v) is 3.64. The molecule has 2 amide bonds. The Balaban J connectivity index is 1.70. The average molecular weight is 378 g/mol. The van der Waals surface area contributed by atoms with Crippen molar-refractivity contribution in [3.8, 4) is 0 Å². The van der Waals surface area contributed by atoms with Gasteiger partial charge in [-0.2, -0.15) is 0 Å². The van der Waals surface area contributed by atoms with Crippen LogP contribution in [0.2, 0.25) is 0 Å². The first-order valence-corrected chi connectivity index (χ1v) is 9.64. The summed E-state index contributed by atoms with van der Waals surface area (Å²) in [6, 6.07) is 15.8. The summed E-state index contributed by atoms with van der Waals surface area (Å²) in [7, 11) is 4.22. The number of amides is 2. The maximum absolute atomic E-state index is 12.7. The molecule has 5 nitrogen and oxygen atoms in total. The van der Waals surface area contributed by atoms with Crippen molar-refractivity contribution in [3.63, 3.8) is 0 Å². The van der Waals surface area contributed by atoms with E-state index >= 15 is 0 Å². The molecule has 1 atom stereocenters. The van der Waals surface area contributed by atoms with Crippen LogP contribution in [-0.4, -0.2) is 30.8 Å². The third-order valence-electron chi connectivity index (χ3n) is 4.99. The third-order valence-corrected chi connectivity index (χ3v) is 4.99. The van der Waals surface area contributed by atoms with Crippen molar-refractivity contribution >= 4 is 17.9 Å². The number of nitrogens with zero attached hydrogens (tertiary/aromatic N) is 1. The highest BCUT2D eigenvalue weighted by atomic mass is 16.2. The molecule has 5 heteroatoms. The Morgan fingerprint density at radius 2 is 1.71 bits per heavy atom. The normalized spacial score (nSPS) is 15.4. The zero-order valence-electron chi connectivity index (χ0n) is 16.7. The smallest absolute Gasteiger partial charge is 0.223 e. The van der Waals surface area contributed by atoms with Crippen molar-refractivity contribution in [1.29, 1.82) is 0 Å². The van der Waals surface area contributed by atoms with Gasteiger partial charge in [0.05, 0.1) is 26.6 Å². The zero-order valence-corrected chi connectivity index (χ0v) is 16.7. The van der Waals surface area contributed by atoms with Crippen molar-refractivity contribution in [1.82, 2.24) is 10.2 Å². The molecule has 0 radical (unpaired) electrons. The number of nitrogens with one attached hydrogen (secondary N) is 2. The van der Waals surface area contributed by atoms with E-state index in [1.54, 1.807) is 11.1 Å². The lowest BCUT2D eigenvalue weighted by Gasteiger charge is -2.32. The summed E-state index contributed by atoms with van der Waals surface area (Å²) in [5, 5.41) is 3.04. The Bertz CT molecular complexity index is 889. The van der Waals surface area contributed by atoms with Crippen molar-refractivity contribution in [2.75, 3.05) is 14.1 Å². The highest BCUT2D eigenvalue weighted by Crippen LogP contribution is 2.32. The van der Waals surface area contributed by atoms with E-state index in [9.17, 15) is 9.59 Å². The van der Waals surface area contributed by atoms with Crippen molar-refractivity contribution in [3.05, 3.63) is 77.0 Å². The molecule has 1 aliphatic rings. The number of hydrogen-bond donors (Lipinski definition) is 2. The highest BCUT2D eigenvalue weighted by Gasteiger charge is 2.28. The standard InChI is InChI=1S/C23H27N3O2/c1-17(27)26-13-12-18-8-6-7-11-21(18)22(26)14-23(28)24-15-19-9-4-5-10-20(19)16-25(2)3/h4-13,22H,14-16H2,1-3H3,(H,24,28)/p+1/t22-/m0/s1. The van der Waals surface area contributed by atoms with Crippen LogP contribution in [0.25, 0.3) is 6.08 Å². The number of carbonyl (C=O) groups excluding carboxylic acids is 2. The number of quaternary nitrogens is 1. The second-order valence-electron chi connectivity index (χ2n) is 7.52. The Morgan fingerprint density at radius 1 is 1.04 bits per heavy atom. The second kappa shape index (κ2) is 8.85. The topological polar surface area (TPSA) is 53.9 Å². The van der Waals surface area contributed by atoms with E-state index < -0.39 is 0 Å². The van der Waals surface area contributed by atoms with Crippen LogP contribution in [-0.2, 0) is 22.7 Å². The number of hydrogen-bond acceptors (Lipinski definition) is 2. The number of carbonyl (C=O) groups is 2. The van der Waals surface area contributed by atoms with Gasteiger partial charge in [-0.3, -0.25) is 9.59 Å². The minimum Gasteiger partial charge on any atom is -0.352 e. The van der Waals surface area contributed by atoms with Gasteiger partial charge in [-0.1, -0.05) is 48.5 Å². The summed E-state index contributed by atoms with van der Waals surface area (Å²) >= 11 is 0. The maximum atomic E-state index is 12.7. The SMILES string of the molecule is CC(=O)N1C=Cc2ccccc2[C@@H]1CC(=O)NCc1ccccc1C[NH+](C)C. The molecule has 2 N–H and O–H groups in total. The van der Waals surface area contributed by atoms with Gasteiger partial charge >= 0.3 is 0 Å². The van der Waals surface area contributed by atoms with Gasteiger partial charge in [-0.05, 0) is 22.8 Å². The molecule has 0 bridgehead atoms. The summed E-state index contributed by atoms with van der Waals surface area (Å²) in [6.07, 6.45) is 3.94. The minimum atomic E-state index is -0.278. The van der Waals surface area contributed by atoms with Gasteiger partial charge in [0.25, 0.3) is 0 Å². The lowest BCUT2D eigenvalue weighted by Crippen LogP contribution is -3.04. The Hall–Kier alpha value is -2.92. The van der Waals surface area contributed by atoms with Gasteiger partial charge in [0.1, 0.15) is 6.54 Å². The molecular formula is C23H28N3O2+. The van der Waals surface area contributed by atoms with E-state index in [4.69, 9.17) is 0 Å². The largest absolute Gasteiger partial charge is 0.352 e. The fraction of sp³-hybridized carbons (Fsp3) is 0.304. The fourth-order valence-electron chi connectivity index (χ4n) is 3.64. The van der Waals surface area contributed by atoms with Crippen LogP contribution in [0.4, 0.5) is 0 Å². The van der Waals surface area contributed by atoms with Crippen molar-refractivity contribution in [2.24, 2.45) is 0 Å². The molecule has 146 valence electrons. The Labute approximate surface area is 166 Å². The summed E-state index contributed by atoms with van der Waals surface area (Å²) in [4.78, 5) is 27.8. The Kier molecular flexibility index (Phi) is 6.26. The van der Waals surface area contributed by atoms with Gasteiger partial charge in [0.2, 0.25) is 11.8 Å². The van der Waals surface area contributed by atoms with Crippen molar-refractivity contribution < 1.29 is 14.5 Å². The number of benzene rings is 2. The first-order chi connectivity index (χ1) is 13.5. The van der Waals surface area contributed by atoms with E-state index in [0.717, 1.165) is 23.2 Å². The van der Waals surface area contributed by atoms with Crippen molar-refractivity contribution in [2.45, 2.75) is 32.5 Å². The first-order valence-electron chi connectivity index (χ1n) is 9.64. The molecule has 0 saturated carbocycles. The van der Waals surface area contributed by atoms with E-state index in [1.807, 2.05) is 42.5 Å². The Morgan fingerprint density at radius 3 is 2.43 bits per heavy atom. The molecule has 1 heterocycles. The molecular weight excluding hydrogens is 350 g/mol. The van der Waals surface area contributed by atoms with Crippen LogP contribution in [0.1, 0.15) is 41.6 Å². The molecule has 1 aliphatic heterocycles. The van der Waals surface area contributed by atoms with Gasteiger partial charge in [-0.15, -0.1) is 0 Å². The molecule has 28 heavy (non-hydrogen) atoms. The first kappa shape index (κ1) is 19.8. The molecule has 0 unspecified atom stereocenters. The summed E-state index contributed by atoms with van der Waals surface area (Å²) in [5.74, 6) is -0.129. The summed E-state index contributed by atoms with van der Waals surface area (Å²) in [6.45, 7) is 2.93. The molecule has 2 aromatic rings. The molecule has 0 fully saturated rings. The number of fused-ring (bicyclic) bond motifs is 1. The summed E-state index contributed by atoms with van der Waals surface area (Å²) < 4.78 is 0. The molecule has 0 saturated heterocycles. The van der Waals surface area contributed by atoms with Crippen LogP contribution < -0.4 is 10.2 Å². The second-order valence-corrected chi connectivity index (χ2v) is 7.52. The lowest BCUT2D eigenvalue weighted by atomic mass is 9.93. The van der Waals surface area contributed by atoms with Gasteiger partial charge in [0.15, 0.2) is 0 Å². The van der Waals surface area contributed by atoms with E-state index in [2.05, 4.69) is 31.5 Å². The molecule has 0 spiro atoms. The van der Waals surface area contributed by atoms with Crippen LogP contribution in [0, 0.1) is 0 Å². The zero-order chi connectivity index (χ0) is 20.1. The van der Waals surface area contributed by atoms with Crippen LogP contribution in [0.3, 0.4) is 0 Å². The summed E-state index contributed by atoms with van der Waals surface area (Å²) in [5.41, 5.74) is 4.42. The predicted molar refractivity (Wildman–Crippen MR) is 110 cm³/mol. The lowest BCUT2D eigenvalue weighted by molar-refractivity contribution is -0.872. The van der Waals surface area contributed by atoms with Crippen LogP contribution in [0.5, 0.6) is 0 Å². The molecule has 2 aromatic carbocycles. The quantitative estimate of drug-likeness (QED) is 0.807. The van der Waals surface area contributed by atoms with E-state index in [1.165, 1.54) is 17.4 Å². The number of rotatable bonds is 6. The molecule has 3 rings (SSSR count). The van der Waals surface area contributed by atoms with E-state index in [0.29, 0.717) is 6.54 Å².